The molecule has 0 aliphatic carbocycles. The number of thiazole rings is 1. The van der Waals surface area contributed by atoms with Crippen molar-refractivity contribution in [1.82, 2.24) is 19.9 Å². The van der Waals surface area contributed by atoms with Crippen molar-refractivity contribution in [2.24, 2.45) is 0 Å². The number of aryl methyl sites for hydroxylation is 1. The van der Waals surface area contributed by atoms with Crippen LogP contribution in [0.15, 0.2) is 18.7 Å². The van der Waals surface area contributed by atoms with Crippen LogP contribution in [0.2, 0.25) is 0 Å². The molecule has 2 rings (SSSR count). The van der Waals surface area contributed by atoms with Gasteiger partial charge in [-0.15, -0.1) is 11.3 Å². The second-order valence-electron chi connectivity index (χ2n) is 3.87. The molecule has 0 atom stereocenters. The fourth-order valence-electron chi connectivity index (χ4n) is 1.65. The first-order chi connectivity index (χ1) is 8.35. The van der Waals surface area contributed by atoms with Crippen molar-refractivity contribution in [1.29, 1.82) is 0 Å². The number of imidazole rings is 1. The summed E-state index contributed by atoms with van der Waals surface area (Å²) >= 11 is 1.74. The van der Waals surface area contributed by atoms with Crippen LogP contribution in [0.25, 0.3) is 10.7 Å². The van der Waals surface area contributed by atoms with Gasteiger partial charge >= 0.3 is 0 Å². The molecule has 0 amide bonds. The zero-order valence-corrected chi connectivity index (χ0v) is 11.1. The molecule has 0 aliphatic heterocycles. The molecule has 0 fully saturated rings. The lowest BCUT2D eigenvalue weighted by Gasteiger charge is -2.00. The van der Waals surface area contributed by atoms with Gasteiger partial charge in [0.25, 0.3) is 0 Å². The number of rotatable bonds is 6. The Morgan fingerprint density at radius 2 is 2.24 bits per heavy atom. The maximum Gasteiger partial charge on any atom is 0.141 e. The molecule has 5 heteroatoms. The zero-order chi connectivity index (χ0) is 12.1. The molecular weight excluding hydrogens is 232 g/mol. The summed E-state index contributed by atoms with van der Waals surface area (Å²) in [5.74, 6) is 0. The topological polar surface area (TPSA) is 42.7 Å². The summed E-state index contributed by atoms with van der Waals surface area (Å²) < 4.78 is 2.11. The summed E-state index contributed by atoms with van der Waals surface area (Å²) in [4.78, 5) is 9.91. The first-order valence-electron chi connectivity index (χ1n) is 6.01. The Hall–Kier alpha value is -1.20. The van der Waals surface area contributed by atoms with Crippen molar-refractivity contribution < 1.29 is 0 Å². The highest BCUT2D eigenvalue weighted by atomic mass is 32.1. The summed E-state index contributed by atoms with van der Waals surface area (Å²) in [5, 5.41) is 4.44. The largest absolute Gasteiger partial charge is 0.329 e. The van der Waals surface area contributed by atoms with Gasteiger partial charge in [-0.1, -0.05) is 6.92 Å². The summed E-state index contributed by atoms with van der Waals surface area (Å²) in [7, 11) is 0. The highest BCUT2D eigenvalue weighted by Crippen LogP contribution is 2.24. The third-order valence-electron chi connectivity index (χ3n) is 2.55. The van der Waals surface area contributed by atoms with Gasteiger partial charge in [-0.3, -0.25) is 0 Å². The van der Waals surface area contributed by atoms with E-state index in [-0.39, 0.29) is 0 Å². The Balaban J connectivity index is 2.07. The van der Waals surface area contributed by atoms with E-state index in [0.29, 0.717) is 0 Å². The second kappa shape index (κ2) is 5.93. The highest BCUT2D eigenvalue weighted by molar-refractivity contribution is 7.15. The predicted octanol–water partition coefficient (Wildman–Crippen LogP) is 2.53. The molecule has 0 radical (unpaired) electrons. The van der Waals surface area contributed by atoms with Gasteiger partial charge in [0.2, 0.25) is 0 Å². The van der Waals surface area contributed by atoms with E-state index >= 15 is 0 Å². The molecular formula is C12H18N4S. The first kappa shape index (κ1) is 12.3. The van der Waals surface area contributed by atoms with Gasteiger partial charge in [-0.05, 0) is 19.9 Å². The molecule has 0 bridgehead atoms. The van der Waals surface area contributed by atoms with E-state index in [1.165, 1.54) is 4.88 Å². The maximum absolute atomic E-state index is 4.46. The lowest BCUT2D eigenvalue weighted by Crippen LogP contribution is -2.12. The van der Waals surface area contributed by atoms with E-state index in [9.17, 15) is 0 Å². The molecule has 2 heterocycles. The normalized spacial score (nSPS) is 10.9. The number of nitrogens with one attached hydrogen (secondary N) is 1. The third-order valence-corrected chi connectivity index (χ3v) is 3.57. The molecule has 0 saturated carbocycles. The average molecular weight is 250 g/mol. The van der Waals surface area contributed by atoms with E-state index in [0.717, 1.165) is 36.8 Å². The Labute approximate surface area is 106 Å². The van der Waals surface area contributed by atoms with E-state index in [1.807, 2.05) is 18.7 Å². The van der Waals surface area contributed by atoms with Crippen LogP contribution >= 0.6 is 11.3 Å². The Bertz CT molecular complexity index is 461. The first-order valence-corrected chi connectivity index (χ1v) is 6.82. The Kier molecular flexibility index (Phi) is 4.28. The lowest BCUT2D eigenvalue weighted by atomic mass is 10.4. The van der Waals surface area contributed by atoms with E-state index in [2.05, 4.69) is 33.7 Å². The SMILES string of the molecule is CCCNCc1cnc(-c2cncn2CC)s1. The minimum atomic E-state index is 0.909. The van der Waals surface area contributed by atoms with Crippen molar-refractivity contribution in [3.63, 3.8) is 0 Å². The quantitative estimate of drug-likeness (QED) is 0.801. The van der Waals surface area contributed by atoms with Crippen LogP contribution in [0, 0.1) is 0 Å². The monoisotopic (exact) mass is 250 g/mol. The fraction of sp³-hybridized carbons (Fsp3) is 0.500. The average Bonchev–Trinajstić information content (AvgIpc) is 2.96. The van der Waals surface area contributed by atoms with Gasteiger partial charge in [0.05, 0.1) is 18.2 Å². The van der Waals surface area contributed by atoms with Crippen molar-refractivity contribution >= 4 is 11.3 Å². The smallest absolute Gasteiger partial charge is 0.141 e. The van der Waals surface area contributed by atoms with Crippen molar-refractivity contribution in [3.8, 4) is 10.7 Å². The van der Waals surface area contributed by atoms with Crippen molar-refractivity contribution in [3.05, 3.63) is 23.6 Å². The minimum absolute atomic E-state index is 0.909. The van der Waals surface area contributed by atoms with Gasteiger partial charge < -0.3 is 9.88 Å². The molecule has 1 N–H and O–H groups in total. The Morgan fingerprint density at radius 1 is 1.35 bits per heavy atom. The summed E-state index contributed by atoms with van der Waals surface area (Å²) in [6.45, 7) is 7.18. The van der Waals surface area contributed by atoms with Crippen LogP contribution in [0.5, 0.6) is 0 Å². The van der Waals surface area contributed by atoms with Crippen molar-refractivity contribution in [2.75, 3.05) is 6.54 Å². The van der Waals surface area contributed by atoms with Gasteiger partial charge in [0.1, 0.15) is 5.01 Å². The Morgan fingerprint density at radius 3 is 3.00 bits per heavy atom. The predicted molar refractivity (Wildman–Crippen MR) is 71.0 cm³/mol. The number of hydrogen-bond donors (Lipinski definition) is 1. The minimum Gasteiger partial charge on any atom is -0.329 e. The van der Waals surface area contributed by atoms with Crippen LogP contribution in [-0.2, 0) is 13.1 Å². The molecule has 4 nitrogen and oxygen atoms in total. The van der Waals surface area contributed by atoms with Gasteiger partial charge in [0.15, 0.2) is 0 Å². The van der Waals surface area contributed by atoms with E-state index < -0.39 is 0 Å². The van der Waals surface area contributed by atoms with E-state index in [1.54, 1.807) is 11.3 Å². The van der Waals surface area contributed by atoms with Gasteiger partial charge in [-0.25, -0.2) is 9.97 Å². The molecule has 0 saturated heterocycles. The number of hydrogen-bond acceptors (Lipinski definition) is 4. The zero-order valence-electron chi connectivity index (χ0n) is 10.3. The molecule has 0 spiro atoms. The molecule has 2 aromatic rings. The summed E-state index contributed by atoms with van der Waals surface area (Å²) in [6, 6.07) is 0. The number of nitrogens with zero attached hydrogens (tertiary/aromatic N) is 3. The molecule has 0 unspecified atom stereocenters. The highest BCUT2D eigenvalue weighted by Gasteiger charge is 2.08. The van der Waals surface area contributed by atoms with Crippen LogP contribution < -0.4 is 5.32 Å². The molecule has 92 valence electrons. The fourth-order valence-corrected chi connectivity index (χ4v) is 2.55. The lowest BCUT2D eigenvalue weighted by molar-refractivity contribution is 0.681. The summed E-state index contributed by atoms with van der Waals surface area (Å²) in [5.41, 5.74) is 1.11. The maximum atomic E-state index is 4.46. The molecule has 17 heavy (non-hydrogen) atoms. The van der Waals surface area contributed by atoms with Crippen LogP contribution in [0.1, 0.15) is 25.1 Å². The van der Waals surface area contributed by atoms with Gasteiger partial charge in [0, 0.05) is 24.2 Å². The molecule has 0 aromatic carbocycles. The van der Waals surface area contributed by atoms with Crippen LogP contribution in [-0.4, -0.2) is 21.1 Å². The molecule has 0 aliphatic rings. The standard InChI is InChI=1S/C12H18N4S/c1-3-5-13-6-10-7-15-12(17-10)11-8-14-9-16(11)4-2/h7-9,13H,3-6H2,1-2H3. The van der Waals surface area contributed by atoms with Crippen molar-refractivity contribution in [2.45, 2.75) is 33.4 Å². The third kappa shape index (κ3) is 2.92. The van der Waals surface area contributed by atoms with Gasteiger partial charge in [-0.2, -0.15) is 0 Å². The van der Waals surface area contributed by atoms with Crippen LogP contribution in [0.3, 0.4) is 0 Å². The second-order valence-corrected chi connectivity index (χ2v) is 4.99. The molecule has 2 aromatic heterocycles. The van der Waals surface area contributed by atoms with Crippen LogP contribution in [0.4, 0.5) is 0 Å². The van der Waals surface area contributed by atoms with E-state index in [4.69, 9.17) is 0 Å². The number of aromatic nitrogens is 3. The summed E-state index contributed by atoms with van der Waals surface area (Å²) in [6.07, 6.45) is 6.85.